The molecule has 0 aliphatic heterocycles. The van der Waals surface area contributed by atoms with Gasteiger partial charge in [-0.3, -0.25) is 0 Å². The molecule has 0 atom stereocenters. The summed E-state index contributed by atoms with van der Waals surface area (Å²) in [7, 11) is 0. The Morgan fingerprint density at radius 1 is 1.00 bits per heavy atom. The molecule has 0 fully saturated rings. The first kappa shape index (κ1) is 9.84. The fourth-order valence-electron chi connectivity index (χ4n) is 1.83. The van der Waals surface area contributed by atoms with Crippen molar-refractivity contribution < 1.29 is 4.42 Å². The number of nitrogens with two attached hydrogens (primary N) is 1. The molecule has 0 spiro atoms. The fourth-order valence-corrected chi connectivity index (χ4v) is 1.83. The molecule has 2 rings (SSSR count). The molecule has 2 heteroatoms. The second-order valence-electron chi connectivity index (χ2n) is 3.90. The minimum Gasteiger partial charge on any atom is -0.466 e. The summed E-state index contributed by atoms with van der Waals surface area (Å²) in [5.74, 6) is 1.88. The van der Waals surface area contributed by atoms with Gasteiger partial charge in [-0.1, -0.05) is 6.07 Å². The standard InChI is InChI=1S/C13H15NO/c1-8-4-5-11(14)7-12(8)13-6-9(2)15-10(13)3/h4-7H,14H2,1-3H3. The highest BCUT2D eigenvalue weighted by atomic mass is 16.3. The van der Waals surface area contributed by atoms with Gasteiger partial charge < -0.3 is 10.2 Å². The molecule has 15 heavy (non-hydrogen) atoms. The van der Waals surface area contributed by atoms with E-state index in [1.807, 2.05) is 32.0 Å². The van der Waals surface area contributed by atoms with E-state index in [0.29, 0.717) is 0 Å². The van der Waals surface area contributed by atoms with E-state index in [-0.39, 0.29) is 0 Å². The van der Waals surface area contributed by atoms with Crippen LogP contribution in [0.4, 0.5) is 5.69 Å². The lowest BCUT2D eigenvalue weighted by atomic mass is 10.0. The number of hydrogen-bond donors (Lipinski definition) is 1. The van der Waals surface area contributed by atoms with Gasteiger partial charge in [0, 0.05) is 11.3 Å². The number of anilines is 1. The van der Waals surface area contributed by atoms with E-state index in [0.717, 1.165) is 28.3 Å². The van der Waals surface area contributed by atoms with Gasteiger partial charge in [0.2, 0.25) is 0 Å². The van der Waals surface area contributed by atoms with Crippen LogP contribution in [0.1, 0.15) is 17.1 Å². The zero-order valence-electron chi connectivity index (χ0n) is 9.29. The second kappa shape index (κ2) is 3.46. The summed E-state index contributed by atoms with van der Waals surface area (Å²) in [6.07, 6.45) is 0. The first-order valence-corrected chi connectivity index (χ1v) is 5.01. The molecule has 1 aromatic carbocycles. The molecule has 0 aliphatic rings. The van der Waals surface area contributed by atoms with E-state index >= 15 is 0 Å². The summed E-state index contributed by atoms with van der Waals surface area (Å²) in [5.41, 5.74) is 10.1. The lowest BCUT2D eigenvalue weighted by Gasteiger charge is -2.05. The maximum atomic E-state index is 5.79. The second-order valence-corrected chi connectivity index (χ2v) is 3.90. The maximum absolute atomic E-state index is 5.79. The third-order valence-electron chi connectivity index (χ3n) is 2.59. The summed E-state index contributed by atoms with van der Waals surface area (Å²) in [4.78, 5) is 0. The molecule has 1 heterocycles. The van der Waals surface area contributed by atoms with Gasteiger partial charge in [0.25, 0.3) is 0 Å². The smallest absolute Gasteiger partial charge is 0.108 e. The van der Waals surface area contributed by atoms with Crippen molar-refractivity contribution >= 4 is 5.69 Å². The van der Waals surface area contributed by atoms with E-state index in [1.54, 1.807) is 0 Å². The van der Waals surface area contributed by atoms with Crippen LogP contribution in [0.5, 0.6) is 0 Å². The van der Waals surface area contributed by atoms with E-state index in [9.17, 15) is 0 Å². The summed E-state index contributed by atoms with van der Waals surface area (Å²) in [5, 5.41) is 0. The van der Waals surface area contributed by atoms with Crippen molar-refractivity contribution in [1.82, 2.24) is 0 Å². The van der Waals surface area contributed by atoms with Crippen LogP contribution in [0.2, 0.25) is 0 Å². The molecule has 2 nitrogen and oxygen atoms in total. The molecule has 0 unspecified atom stereocenters. The van der Waals surface area contributed by atoms with Crippen molar-refractivity contribution in [3.8, 4) is 11.1 Å². The molecule has 0 saturated heterocycles. The van der Waals surface area contributed by atoms with Crippen LogP contribution in [0.3, 0.4) is 0 Å². The van der Waals surface area contributed by atoms with Gasteiger partial charge in [0.05, 0.1) is 0 Å². The van der Waals surface area contributed by atoms with Crippen molar-refractivity contribution in [3.63, 3.8) is 0 Å². The van der Waals surface area contributed by atoms with Crippen molar-refractivity contribution in [2.24, 2.45) is 0 Å². The summed E-state index contributed by atoms with van der Waals surface area (Å²) in [6.45, 7) is 6.01. The Balaban J connectivity index is 2.62. The Bertz CT molecular complexity index is 497. The van der Waals surface area contributed by atoms with E-state index in [4.69, 9.17) is 10.2 Å². The Morgan fingerprint density at radius 2 is 1.73 bits per heavy atom. The molecule has 0 aliphatic carbocycles. The van der Waals surface area contributed by atoms with E-state index in [2.05, 4.69) is 13.0 Å². The summed E-state index contributed by atoms with van der Waals surface area (Å²) >= 11 is 0. The van der Waals surface area contributed by atoms with Crippen LogP contribution < -0.4 is 5.73 Å². The molecule has 2 aromatic rings. The van der Waals surface area contributed by atoms with Crippen LogP contribution in [-0.4, -0.2) is 0 Å². The number of furan rings is 1. The Kier molecular flexibility index (Phi) is 2.27. The predicted molar refractivity (Wildman–Crippen MR) is 62.8 cm³/mol. The molecular weight excluding hydrogens is 186 g/mol. The van der Waals surface area contributed by atoms with Crippen LogP contribution >= 0.6 is 0 Å². The molecular formula is C13H15NO. The number of aryl methyl sites for hydroxylation is 3. The van der Waals surface area contributed by atoms with Gasteiger partial charge in [-0.05, 0) is 50.1 Å². The normalized spacial score (nSPS) is 10.6. The maximum Gasteiger partial charge on any atom is 0.108 e. The van der Waals surface area contributed by atoms with Gasteiger partial charge in [-0.2, -0.15) is 0 Å². The van der Waals surface area contributed by atoms with Gasteiger partial charge in [-0.25, -0.2) is 0 Å². The zero-order valence-corrected chi connectivity index (χ0v) is 9.29. The van der Waals surface area contributed by atoms with Gasteiger partial charge in [0.15, 0.2) is 0 Å². The highest BCUT2D eigenvalue weighted by Crippen LogP contribution is 2.30. The Labute approximate surface area is 89.7 Å². The summed E-state index contributed by atoms with van der Waals surface area (Å²) < 4.78 is 5.52. The van der Waals surface area contributed by atoms with Crippen LogP contribution in [0, 0.1) is 20.8 Å². The molecule has 2 N–H and O–H groups in total. The van der Waals surface area contributed by atoms with Gasteiger partial charge in [0.1, 0.15) is 11.5 Å². The van der Waals surface area contributed by atoms with Gasteiger partial charge in [-0.15, -0.1) is 0 Å². The SMILES string of the molecule is Cc1cc(-c2cc(N)ccc2C)c(C)o1. The Hall–Kier alpha value is -1.70. The largest absolute Gasteiger partial charge is 0.466 e. The number of benzene rings is 1. The number of hydrogen-bond acceptors (Lipinski definition) is 2. The fraction of sp³-hybridized carbons (Fsp3) is 0.231. The molecule has 1 aromatic heterocycles. The number of rotatable bonds is 1. The lowest BCUT2D eigenvalue weighted by Crippen LogP contribution is -1.88. The molecule has 0 bridgehead atoms. The molecule has 0 radical (unpaired) electrons. The van der Waals surface area contributed by atoms with Crippen LogP contribution in [0.15, 0.2) is 28.7 Å². The predicted octanol–water partition coefficient (Wildman–Crippen LogP) is 3.45. The quantitative estimate of drug-likeness (QED) is 0.718. The molecule has 0 saturated carbocycles. The average molecular weight is 201 g/mol. The van der Waals surface area contributed by atoms with E-state index < -0.39 is 0 Å². The first-order chi connectivity index (χ1) is 7.08. The zero-order chi connectivity index (χ0) is 11.0. The lowest BCUT2D eigenvalue weighted by molar-refractivity contribution is 0.505. The topological polar surface area (TPSA) is 39.2 Å². The third kappa shape index (κ3) is 1.75. The minimum absolute atomic E-state index is 0.786. The van der Waals surface area contributed by atoms with Crippen molar-refractivity contribution in [2.75, 3.05) is 5.73 Å². The molecule has 78 valence electrons. The Morgan fingerprint density at radius 3 is 2.33 bits per heavy atom. The molecule has 0 amide bonds. The van der Waals surface area contributed by atoms with Gasteiger partial charge >= 0.3 is 0 Å². The minimum atomic E-state index is 0.786. The average Bonchev–Trinajstić information content (AvgIpc) is 2.50. The van der Waals surface area contributed by atoms with Crippen molar-refractivity contribution in [2.45, 2.75) is 20.8 Å². The summed E-state index contributed by atoms with van der Waals surface area (Å²) in [6, 6.07) is 8.00. The van der Waals surface area contributed by atoms with Crippen molar-refractivity contribution in [3.05, 3.63) is 41.3 Å². The highest BCUT2D eigenvalue weighted by molar-refractivity contribution is 5.72. The third-order valence-corrected chi connectivity index (χ3v) is 2.59. The van der Waals surface area contributed by atoms with Crippen LogP contribution in [0.25, 0.3) is 11.1 Å². The van der Waals surface area contributed by atoms with Crippen molar-refractivity contribution in [1.29, 1.82) is 0 Å². The monoisotopic (exact) mass is 201 g/mol. The first-order valence-electron chi connectivity index (χ1n) is 5.01. The van der Waals surface area contributed by atoms with Crippen LogP contribution in [-0.2, 0) is 0 Å². The highest BCUT2D eigenvalue weighted by Gasteiger charge is 2.09. The number of nitrogen functional groups attached to an aromatic ring is 1. The van der Waals surface area contributed by atoms with E-state index in [1.165, 1.54) is 5.56 Å².